The van der Waals surface area contributed by atoms with Gasteiger partial charge >= 0.3 is 6.03 Å². The molecule has 1 unspecified atom stereocenters. The zero-order valence-electron chi connectivity index (χ0n) is 12.4. The van der Waals surface area contributed by atoms with Crippen molar-refractivity contribution in [2.45, 2.75) is 39.7 Å². The first kappa shape index (κ1) is 14.8. The van der Waals surface area contributed by atoms with Crippen LogP contribution in [0.3, 0.4) is 0 Å². The maximum absolute atomic E-state index is 12.1. The Bertz CT molecular complexity index is 608. The van der Waals surface area contributed by atoms with Crippen LogP contribution in [-0.2, 0) is 6.42 Å². The Labute approximate surface area is 123 Å². The fraction of sp³-hybridized carbons (Fsp3) is 0.467. The van der Waals surface area contributed by atoms with E-state index in [9.17, 15) is 4.79 Å². The molecule has 108 valence electrons. The quantitative estimate of drug-likeness (QED) is 0.921. The van der Waals surface area contributed by atoms with Gasteiger partial charge in [0.05, 0.1) is 10.2 Å². The number of nitrogens with zero attached hydrogens (tertiary/aromatic N) is 2. The lowest BCUT2D eigenvalue weighted by Gasteiger charge is -2.23. The third-order valence-corrected chi connectivity index (χ3v) is 4.58. The molecule has 0 saturated heterocycles. The number of thiazole rings is 1. The zero-order chi connectivity index (χ0) is 14.7. The van der Waals surface area contributed by atoms with Gasteiger partial charge in [-0.2, -0.15) is 0 Å². The first-order chi connectivity index (χ1) is 9.55. The van der Waals surface area contributed by atoms with Gasteiger partial charge in [-0.25, -0.2) is 9.78 Å². The van der Waals surface area contributed by atoms with Gasteiger partial charge in [0.1, 0.15) is 0 Å². The van der Waals surface area contributed by atoms with Gasteiger partial charge in [-0.3, -0.25) is 5.32 Å². The first-order valence-corrected chi connectivity index (χ1v) is 7.80. The molecule has 5 heteroatoms. The molecule has 0 aliphatic carbocycles. The van der Waals surface area contributed by atoms with Crippen molar-refractivity contribution in [1.29, 1.82) is 0 Å². The van der Waals surface area contributed by atoms with E-state index in [2.05, 4.69) is 36.3 Å². The van der Waals surface area contributed by atoms with Crippen molar-refractivity contribution < 1.29 is 4.79 Å². The van der Waals surface area contributed by atoms with Crippen molar-refractivity contribution in [2.24, 2.45) is 0 Å². The number of hydrogen-bond acceptors (Lipinski definition) is 3. The van der Waals surface area contributed by atoms with E-state index in [4.69, 9.17) is 0 Å². The largest absolute Gasteiger partial charge is 0.325 e. The number of rotatable bonds is 4. The predicted molar refractivity (Wildman–Crippen MR) is 85.5 cm³/mol. The lowest BCUT2D eigenvalue weighted by atomic mass is 10.2. The van der Waals surface area contributed by atoms with Crippen LogP contribution in [0.25, 0.3) is 10.2 Å². The van der Waals surface area contributed by atoms with E-state index >= 15 is 0 Å². The fourth-order valence-electron chi connectivity index (χ4n) is 1.90. The Hall–Kier alpha value is -1.62. The van der Waals surface area contributed by atoms with Crippen molar-refractivity contribution in [1.82, 2.24) is 9.88 Å². The molecule has 0 aliphatic rings. The molecule has 0 saturated carbocycles. The molecule has 0 fully saturated rings. The van der Waals surface area contributed by atoms with E-state index in [0.717, 1.165) is 23.1 Å². The number of hydrogen-bond donors (Lipinski definition) is 1. The van der Waals surface area contributed by atoms with Crippen molar-refractivity contribution in [2.75, 3.05) is 12.4 Å². The zero-order valence-corrected chi connectivity index (χ0v) is 13.3. The average molecular weight is 291 g/mol. The standard InChI is InChI=1S/C15H21N3OS/c1-5-10(3)18(4)15(19)17-14-16-12-8-7-11(6-2)9-13(12)20-14/h7-10H,5-6H2,1-4H3,(H,16,17,19). The highest BCUT2D eigenvalue weighted by atomic mass is 32.1. The molecule has 2 aromatic rings. The molecule has 0 bridgehead atoms. The van der Waals surface area contributed by atoms with E-state index in [-0.39, 0.29) is 12.1 Å². The van der Waals surface area contributed by atoms with E-state index in [1.807, 2.05) is 20.0 Å². The Kier molecular flexibility index (Phi) is 4.60. The summed E-state index contributed by atoms with van der Waals surface area (Å²) in [6, 6.07) is 6.35. The van der Waals surface area contributed by atoms with Gasteiger partial charge in [0.15, 0.2) is 5.13 Å². The molecular weight excluding hydrogens is 270 g/mol. The molecule has 1 N–H and O–H groups in total. The van der Waals surface area contributed by atoms with Crippen LogP contribution in [0.15, 0.2) is 18.2 Å². The Morgan fingerprint density at radius 1 is 1.45 bits per heavy atom. The SMILES string of the molecule is CCc1ccc2nc(NC(=O)N(C)C(C)CC)sc2c1. The second-order valence-electron chi connectivity index (χ2n) is 4.97. The third-order valence-electron chi connectivity index (χ3n) is 3.65. The molecule has 4 nitrogen and oxygen atoms in total. The van der Waals surface area contributed by atoms with Crippen LogP contribution in [0.4, 0.5) is 9.93 Å². The molecule has 1 aromatic heterocycles. The summed E-state index contributed by atoms with van der Waals surface area (Å²) in [7, 11) is 1.81. The molecule has 0 aliphatic heterocycles. The highest BCUT2D eigenvalue weighted by Gasteiger charge is 2.15. The van der Waals surface area contributed by atoms with E-state index in [1.165, 1.54) is 16.9 Å². The molecular formula is C15H21N3OS. The van der Waals surface area contributed by atoms with Crippen molar-refractivity contribution in [3.63, 3.8) is 0 Å². The molecule has 1 heterocycles. The van der Waals surface area contributed by atoms with Gasteiger partial charge in [-0.05, 0) is 37.5 Å². The summed E-state index contributed by atoms with van der Waals surface area (Å²) in [6.07, 6.45) is 1.94. The number of benzene rings is 1. The van der Waals surface area contributed by atoms with Crippen LogP contribution < -0.4 is 5.32 Å². The van der Waals surface area contributed by atoms with Crippen LogP contribution in [0, 0.1) is 0 Å². The second kappa shape index (κ2) is 6.22. The fourth-order valence-corrected chi connectivity index (χ4v) is 2.82. The lowest BCUT2D eigenvalue weighted by Crippen LogP contribution is -2.37. The van der Waals surface area contributed by atoms with Gasteiger partial charge in [0, 0.05) is 13.1 Å². The maximum atomic E-state index is 12.1. The van der Waals surface area contributed by atoms with Crippen molar-refractivity contribution in [3.8, 4) is 0 Å². The minimum Gasteiger partial charge on any atom is -0.325 e. The number of aromatic nitrogens is 1. The number of amides is 2. The highest BCUT2D eigenvalue weighted by Crippen LogP contribution is 2.27. The summed E-state index contributed by atoms with van der Waals surface area (Å²) in [5.74, 6) is 0. The van der Waals surface area contributed by atoms with Crippen LogP contribution >= 0.6 is 11.3 Å². The summed E-state index contributed by atoms with van der Waals surface area (Å²) in [5.41, 5.74) is 2.23. The van der Waals surface area contributed by atoms with Crippen molar-refractivity contribution >= 4 is 32.7 Å². The molecule has 0 spiro atoms. The first-order valence-electron chi connectivity index (χ1n) is 6.98. The van der Waals surface area contributed by atoms with Gasteiger partial charge in [-0.1, -0.05) is 31.3 Å². The molecule has 1 aromatic carbocycles. The van der Waals surface area contributed by atoms with Crippen LogP contribution in [0.5, 0.6) is 0 Å². The van der Waals surface area contributed by atoms with Crippen LogP contribution in [0.1, 0.15) is 32.8 Å². The molecule has 20 heavy (non-hydrogen) atoms. The summed E-state index contributed by atoms with van der Waals surface area (Å²) in [4.78, 5) is 18.3. The normalized spacial score (nSPS) is 12.4. The number of carbonyl (C=O) groups is 1. The van der Waals surface area contributed by atoms with Crippen LogP contribution in [-0.4, -0.2) is 29.0 Å². The Morgan fingerprint density at radius 2 is 2.20 bits per heavy atom. The summed E-state index contributed by atoms with van der Waals surface area (Å²) in [6.45, 7) is 6.23. The maximum Gasteiger partial charge on any atom is 0.323 e. The molecule has 1 atom stereocenters. The third kappa shape index (κ3) is 3.10. The average Bonchev–Trinajstić information content (AvgIpc) is 2.86. The Morgan fingerprint density at radius 3 is 2.85 bits per heavy atom. The van der Waals surface area contributed by atoms with Gasteiger partial charge in [-0.15, -0.1) is 0 Å². The molecule has 0 radical (unpaired) electrons. The number of aryl methyl sites for hydroxylation is 1. The minimum absolute atomic E-state index is 0.103. The summed E-state index contributed by atoms with van der Waals surface area (Å²) in [5, 5.41) is 3.54. The number of carbonyl (C=O) groups excluding carboxylic acids is 1. The number of fused-ring (bicyclic) bond motifs is 1. The van der Waals surface area contributed by atoms with E-state index < -0.39 is 0 Å². The van der Waals surface area contributed by atoms with Gasteiger partial charge in [0.2, 0.25) is 0 Å². The Balaban J connectivity index is 2.15. The van der Waals surface area contributed by atoms with Crippen LogP contribution in [0.2, 0.25) is 0 Å². The minimum atomic E-state index is -0.103. The van der Waals surface area contributed by atoms with E-state index in [0.29, 0.717) is 5.13 Å². The highest BCUT2D eigenvalue weighted by molar-refractivity contribution is 7.22. The number of urea groups is 1. The lowest BCUT2D eigenvalue weighted by molar-refractivity contribution is 0.206. The van der Waals surface area contributed by atoms with Gasteiger partial charge < -0.3 is 4.90 Å². The smallest absolute Gasteiger partial charge is 0.323 e. The van der Waals surface area contributed by atoms with E-state index in [1.54, 1.807) is 4.90 Å². The summed E-state index contributed by atoms with van der Waals surface area (Å²) < 4.78 is 1.12. The summed E-state index contributed by atoms with van der Waals surface area (Å²) >= 11 is 1.52. The molecule has 2 amide bonds. The monoisotopic (exact) mass is 291 g/mol. The second-order valence-corrected chi connectivity index (χ2v) is 6.00. The topological polar surface area (TPSA) is 45.2 Å². The van der Waals surface area contributed by atoms with Gasteiger partial charge in [0.25, 0.3) is 0 Å². The van der Waals surface area contributed by atoms with Crippen molar-refractivity contribution in [3.05, 3.63) is 23.8 Å². The number of anilines is 1. The number of nitrogens with one attached hydrogen (secondary N) is 1. The molecule has 2 rings (SSSR count). The predicted octanol–water partition coefficient (Wildman–Crippen LogP) is 4.12.